The first-order valence-corrected chi connectivity index (χ1v) is 10.1. The van der Waals surface area contributed by atoms with Gasteiger partial charge in [0, 0.05) is 57.8 Å². The Bertz CT molecular complexity index is 841. The van der Waals surface area contributed by atoms with E-state index in [1.807, 2.05) is 36.2 Å². The molecule has 0 atom stereocenters. The molecule has 1 saturated heterocycles. The fourth-order valence-corrected chi connectivity index (χ4v) is 4.02. The molecule has 0 radical (unpaired) electrons. The van der Waals surface area contributed by atoms with Crippen LogP contribution in [0.4, 0.5) is 11.5 Å². The summed E-state index contributed by atoms with van der Waals surface area (Å²) in [5, 5.41) is 5.02. The lowest BCUT2D eigenvalue weighted by Crippen LogP contribution is -2.35. The molecule has 0 N–H and O–H groups in total. The molecule has 2 aromatic heterocycles. The number of fused-ring (bicyclic) bond motifs is 1. The van der Waals surface area contributed by atoms with Gasteiger partial charge in [-0.05, 0) is 12.8 Å². The molecule has 2 aliphatic rings. The highest BCUT2D eigenvalue weighted by molar-refractivity contribution is 5.74. The monoisotopic (exact) mass is 384 g/mol. The molecule has 150 valence electrons. The Morgan fingerprint density at radius 3 is 2.64 bits per heavy atom. The summed E-state index contributed by atoms with van der Waals surface area (Å²) in [6.45, 7) is 6.57. The number of nitrogens with zero attached hydrogens (tertiary/aromatic N) is 6. The van der Waals surface area contributed by atoms with E-state index in [9.17, 15) is 4.79 Å². The molecule has 4 heterocycles. The fourth-order valence-electron chi connectivity index (χ4n) is 4.02. The lowest BCUT2D eigenvalue weighted by atomic mass is 10.0. The van der Waals surface area contributed by atoms with Crippen molar-refractivity contribution in [2.75, 3.05) is 31.7 Å². The zero-order valence-electron chi connectivity index (χ0n) is 16.9. The number of rotatable bonds is 4. The summed E-state index contributed by atoms with van der Waals surface area (Å²) in [7, 11) is 1.99. The fraction of sp³-hybridized carbons (Fsp3) is 0.600. The zero-order valence-corrected chi connectivity index (χ0v) is 16.9. The maximum atomic E-state index is 12.0. The molecule has 1 fully saturated rings. The lowest BCUT2D eigenvalue weighted by molar-refractivity contribution is -0.129. The molecular formula is C20H28N6O2. The Kier molecular flexibility index (Phi) is 5.30. The quantitative estimate of drug-likeness (QED) is 0.805. The molecule has 0 aromatic carbocycles. The second-order valence-corrected chi connectivity index (χ2v) is 7.50. The van der Waals surface area contributed by atoms with Crippen LogP contribution in [-0.4, -0.2) is 57.4 Å². The van der Waals surface area contributed by atoms with Crippen LogP contribution < -0.4 is 4.90 Å². The molecule has 4 rings (SSSR count). The van der Waals surface area contributed by atoms with Gasteiger partial charge in [-0.25, -0.2) is 9.97 Å². The smallest absolute Gasteiger partial charge is 0.219 e. The average molecular weight is 384 g/mol. The van der Waals surface area contributed by atoms with Crippen LogP contribution in [0.5, 0.6) is 0 Å². The maximum Gasteiger partial charge on any atom is 0.219 e. The lowest BCUT2D eigenvalue weighted by Gasteiger charge is -2.29. The van der Waals surface area contributed by atoms with Crippen LogP contribution in [-0.2, 0) is 28.9 Å². The summed E-state index contributed by atoms with van der Waals surface area (Å²) in [5.74, 6) is 1.82. The molecule has 0 spiro atoms. The van der Waals surface area contributed by atoms with Crippen LogP contribution in [0.1, 0.15) is 49.8 Å². The van der Waals surface area contributed by atoms with Crippen molar-refractivity contribution in [1.29, 1.82) is 0 Å². The Balaban J connectivity index is 1.72. The van der Waals surface area contributed by atoms with E-state index in [0.717, 1.165) is 68.3 Å². The van der Waals surface area contributed by atoms with Gasteiger partial charge >= 0.3 is 0 Å². The topological polar surface area (TPSA) is 76.4 Å². The van der Waals surface area contributed by atoms with Crippen LogP contribution in [0.25, 0.3) is 0 Å². The van der Waals surface area contributed by atoms with Crippen LogP contribution in [0.15, 0.2) is 12.4 Å². The largest absolute Gasteiger partial charge is 0.381 e. The van der Waals surface area contributed by atoms with Crippen molar-refractivity contribution in [2.24, 2.45) is 0 Å². The van der Waals surface area contributed by atoms with Gasteiger partial charge in [-0.2, -0.15) is 5.10 Å². The van der Waals surface area contributed by atoms with E-state index in [2.05, 4.69) is 14.6 Å². The van der Waals surface area contributed by atoms with Crippen LogP contribution in [0.2, 0.25) is 0 Å². The molecule has 8 nitrogen and oxygen atoms in total. The minimum atomic E-state index is 0.105. The van der Waals surface area contributed by atoms with Gasteiger partial charge in [-0.3, -0.25) is 9.48 Å². The third kappa shape index (κ3) is 3.48. The molecular weight excluding hydrogens is 356 g/mol. The number of hydrogen-bond donors (Lipinski definition) is 0. The second kappa shape index (κ2) is 7.87. The van der Waals surface area contributed by atoms with Gasteiger partial charge in [0.25, 0.3) is 0 Å². The minimum absolute atomic E-state index is 0.105. The van der Waals surface area contributed by atoms with E-state index in [4.69, 9.17) is 9.84 Å². The predicted molar refractivity (Wildman–Crippen MR) is 106 cm³/mol. The molecule has 8 heteroatoms. The number of aromatic nitrogens is 4. The number of carbonyl (C=O) groups is 1. The summed E-state index contributed by atoms with van der Waals surface area (Å²) in [6, 6.07) is 0.354. The van der Waals surface area contributed by atoms with Gasteiger partial charge in [-0.1, -0.05) is 6.92 Å². The van der Waals surface area contributed by atoms with Gasteiger partial charge in [0.2, 0.25) is 5.91 Å². The summed E-state index contributed by atoms with van der Waals surface area (Å²) in [5.41, 5.74) is 3.28. The first-order chi connectivity index (χ1) is 13.6. The summed E-state index contributed by atoms with van der Waals surface area (Å²) in [4.78, 5) is 24.8. The van der Waals surface area contributed by atoms with E-state index in [1.54, 1.807) is 6.92 Å². The van der Waals surface area contributed by atoms with E-state index in [1.165, 1.54) is 5.69 Å². The molecule has 0 saturated carbocycles. The predicted octanol–water partition coefficient (Wildman–Crippen LogP) is 2.26. The highest BCUT2D eigenvalue weighted by Crippen LogP contribution is 2.35. The Morgan fingerprint density at radius 1 is 1.29 bits per heavy atom. The van der Waals surface area contributed by atoms with Crippen molar-refractivity contribution in [2.45, 2.75) is 52.1 Å². The molecule has 2 aliphatic heterocycles. The van der Waals surface area contributed by atoms with Gasteiger partial charge in [0.05, 0.1) is 30.7 Å². The van der Waals surface area contributed by atoms with Crippen molar-refractivity contribution in [3.63, 3.8) is 0 Å². The molecule has 0 aliphatic carbocycles. The van der Waals surface area contributed by atoms with Crippen molar-refractivity contribution in [3.05, 3.63) is 29.5 Å². The number of anilines is 2. The highest BCUT2D eigenvalue weighted by atomic mass is 16.5. The Labute approximate surface area is 165 Å². The van der Waals surface area contributed by atoms with Crippen LogP contribution in [0, 0.1) is 0 Å². The molecule has 0 unspecified atom stereocenters. The summed E-state index contributed by atoms with van der Waals surface area (Å²) < 4.78 is 7.74. The van der Waals surface area contributed by atoms with Crippen molar-refractivity contribution in [1.82, 2.24) is 24.6 Å². The molecule has 0 bridgehead atoms. The van der Waals surface area contributed by atoms with Crippen LogP contribution >= 0.6 is 0 Å². The van der Waals surface area contributed by atoms with E-state index in [0.29, 0.717) is 12.6 Å². The SMILES string of the molecule is CCc1ncc(N(C)c2nn(C3CCOCC3)c3c2CN(C(C)=O)CC3)cn1. The Hall–Kier alpha value is -2.48. The number of aryl methyl sites for hydroxylation is 1. The van der Waals surface area contributed by atoms with Crippen LogP contribution in [0.3, 0.4) is 0 Å². The van der Waals surface area contributed by atoms with Crippen molar-refractivity contribution in [3.8, 4) is 0 Å². The first kappa shape index (κ1) is 18.9. The minimum Gasteiger partial charge on any atom is -0.381 e. The number of carbonyl (C=O) groups excluding carboxylic acids is 1. The van der Waals surface area contributed by atoms with Gasteiger partial charge < -0.3 is 14.5 Å². The standard InChI is InChI=1S/C20H28N6O2/c1-4-19-21-11-16(12-22-19)24(3)20-17-13-25(14(2)27)8-5-18(17)26(23-20)15-6-9-28-10-7-15/h11-12,15H,4-10,13H2,1-3H3. The van der Waals surface area contributed by atoms with Gasteiger partial charge in [0.1, 0.15) is 5.82 Å². The van der Waals surface area contributed by atoms with Crippen molar-refractivity contribution >= 4 is 17.4 Å². The first-order valence-electron chi connectivity index (χ1n) is 10.1. The van der Waals surface area contributed by atoms with Gasteiger partial charge in [-0.15, -0.1) is 0 Å². The second-order valence-electron chi connectivity index (χ2n) is 7.50. The Morgan fingerprint density at radius 2 is 2.00 bits per heavy atom. The number of hydrogen-bond acceptors (Lipinski definition) is 6. The number of ether oxygens (including phenoxy) is 1. The zero-order chi connectivity index (χ0) is 19.7. The average Bonchev–Trinajstić information content (AvgIpc) is 3.12. The van der Waals surface area contributed by atoms with E-state index < -0.39 is 0 Å². The highest BCUT2D eigenvalue weighted by Gasteiger charge is 2.31. The normalized spacial score (nSPS) is 17.5. The molecule has 28 heavy (non-hydrogen) atoms. The summed E-state index contributed by atoms with van der Waals surface area (Å²) >= 11 is 0. The third-order valence-electron chi connectivity index (χ3n) is 5.76. The third-order valence-corrected chi connectivity index (χ3v) is 5.76. The van der Waals surface area contributed by atoms with Gasteiger partial charge in [0.15, 0.2) is 5.82 Å². The van der Waals surface area contributed by atoms with Crippen molar-refractivity contribution < 1.29 is 9.53 Å². The molecule has 1 amide bonds. The molecule has 2 aromatic rings. The van der Waals surface area contributed by atoms with E-state index >= 15 is 0 Å². The maximum absolute atomic E-state index is 12.0. The number of amides is 1. The summed E-state index contributed by atoms with van der Waals surface area (Å²) in [6.07, 6.45) is 7.28. The van der Waals surface area contributed by atoms with E-state index in [-0.39, 0.29) is 5.91 Å².